The van der Waals surface area contributed by atoms with Gasteiger partial charge in [0.15, 0.2) is 5.65 Å². The minimum atomic E-state index is -0.400. The van der Waals surface area contributed by atoms with Gasteiger partial charge in [-0.1, -0.05) is 48.8 Å². The normalized spacial score (nSPS) is 16.5. The molecular formula is C43H50BFN8O3. The average molecular weight is 757 g/mol. The van der Waals surface area contributed by atoms with Crippen molar-refractivity contribution in [3.8, 4) is 11.1 Å². The summed E-state index contributed by atoms with van der Waals surface area (Å²) in [5.74, 6) is -1.10. The maximum Gasteiger partial charge on any atom is 0.251 e. The van der Waals surface area contributed by atoms with Gasteiger partial charge in [0.1, 0.15) is 13.7 Å². The van der Waals surface area contributed by atoms with E-state index >= 15 is 4.39 Å². The molecule has 5 aromatic rings. The number of carbonyl (C=O) groups excluding carboxylic acids is 2. The molecule has 2 fully saturated rings. The van der Waals surface area contributed by atoms with Crippen molar-refractivity contribution in [2.75, 3.05) is 38.2 Å². The summed E-state index contributed by atoms with van der Waals surface area (Å²) in [5.41, 5.74) is 7.42. The monoisotopic (exact) mass is 756 g/mol. The van der Waals surface area contributed by atoms with Crippen LogP contribution in [0.25, 0.3) is 22.2 Å². The molecule has 2 amide bonds. The van der Waals surface area contributed by atoms with Crippen molar-refractivity contribution in [1.82, 2.24) is 35.6 Å². The molecule has 2 saturated heterocycles. The number of nitrogens with one attached hydrogen (secondary N) is 4. The molecule has 11 nitrogen and oxygen atoms in total. The Labute approximate surface area is 329 Å². The number of carbonyl (C=O) groups is 2. The number of ether oxygens (including phenoxy) is 1. The predicted octanol–water partition coefficient (Wildman–Crippen LogP) is 4.86. The summed E-state index contributed by atoms with van der Waals surface area (Å²) in [6, 6.07) is 18.1. The zero-order valence-corrected chi connectivity index (χ0v) is 32.5. The van der Waals surface area contributed by atoms with Gasteiger partial charge in [0.25, 0.3) is 11.8 Å². The molecule has 13 heteroatoms. The minimum Gasteiger partial charge on any atom is -0.381 e. The SMILES string of the molecule is [B]c1cc(C(=O)NCc2ccc(F)c(-c3cccc(CN4CCN[C@@H](C)C4)c3)c2)cc(C(=O)NCc2c(CC)nc3c(cnn3CC)c2NC2CCOCC2)c1. The van der Waals surface area contributed by atoms with E-state index in [0.29, 0.717) is 37.8 Å². The highest BCUT2D eigenvalue weighted by Crippen LogP contribution is 2.31. The number of pyridine rings is 1. The second-order valence-corrected chi connectivity index (χ2v) is 14.8. The van der Waals surface area contributed by atoms with E-state index in [1.165, 1.54) is 12.1 Å². The lowest BCUT2D eigenvalue weighted by Gasteiger charge is -2.31. The number of hydrogen-bond acceptors (Lipinski definition) is 8. The number of anilines is 1. The van der Waals surface area contributed by atoms with Crippen LogP contribution in [0.15, 0.2) is 66.9 Å². The smallest absolute Gasteiger partial charge is 0.251 e. The summed E-state index contributed by atoms with van der Waals surface area (Å²) in [4.78, 5) is 34.5. The van der Waals surface area contributed by atoms with E-state index < -0.39 is 5.91 Å². The van der Waals surface area contributed by atoms with Gasteiger partial charge in [-0.25, -0.2) is 14.1 Å². The largest absolute Gasteiger partial charge is 0.381 e. The van der Waals surface area contributed by atoms with Crippen LogP contribution >= 0.6 is 0 Å². The predicted molar refractivity (Wildman–Crippen MR) is 219 cm³/mol. The second kappa shape index (κ2) is 17.8. The van der Waals surface area contributed by atoms with Crippen molar-refractivity contribution in [3.05, 3.63) is 106 Å². The van der Waals surface area contributed by atoms with Crippen molar-refractivity contribution in [2.45, 2.75) is 78.3 Å². The first-order valence-corrected chi connectivity index (χ1v) is 19.7. The third-order valence-electron chi connectivity index (χ3n) is 10.7. The van der Waals surface area contributed by atoms with Gasteiger partial charge in [0, 0.05) is 99.1 Å². The summed E-state index contributed by atoms with van der Waals surface area (Å²) in [7, 11) is 6.23. The van der Waals surface area contributed by atoms with Gasteiger partial charge in [0.05, 0.1) is 17.3 Å². The number of piperazine rings is 1. The van der Waals surface area contributed by atoms with Gasteiger partial charge in [-0.15, -0.1) is 0 Å². The standard InChI is InChI=1S/C43H50BFN8O3/c1-4-39-36(40(50-34-11-15-56-16-12-34)37-24-49-53(5-2)41(37)51-39)23-48-43(55)32-19-31(20-33(44)21-32)42(54)47-22-28-9-10-38(45)35(18-28)30-8-6-7-29(17-30)26-52-14-13-46-27(3)25-52/h6-10,17-21,24,27,34,46H,4-5,11-16,22-23,25-26H2,1-3H3,(H,47,54)(H,48,55)(H,50,51)/t27-/m0/s1. The number of nitrogens with zero attached hydrogens (tertiary/aromatic N) is 4. The fraction of sp³-hybridized carbons (Fsp3) is 0.395. The lowest BCUT2D eigenvalue weighted by atomic mass is 9.91. The van der Waals surface area contributed by atoms with E-state index in [4.69, 9.17) is 17.6 Å². The van der Waals surface area contributed by atoms with Crippen LogP contribution in [-0.4, -0.2) is 84.3 Å². The summed E-state index contributed by atoms with van der Waals surface area (Å²) >= 11 is 0. The van der Waals surface area contributed by atoms with E-state index in [1.807, 2.05) is 42.9 Å². The molecule has 0 unspecified atom stereocenters. The highest BCUT2D eigenvalue weighted by atomic mass is 19.1. The van der Waals surface area contributed by atoms with Gasteiger partial charge < -0.3 is 26.0 Å². The van der Waals surface area contributed by atoms with Crippen LogP contribution in [0.2, 0.25) is 0 Å². The molecule has 0 aliphatic carbocycles. The fourth-order valence-corrected chi connectivity index (χ4v) is 7.72. The van der Waals surface area contributed by atoms with Crippen molar-refractivity contribution >= 4 is 41.8 Å². The third kappa shape index (κ3) is 9.12. The lowest BCUT2D eigenvalue weighted by Crippen LogP contribution is -2.48. The zero-order valence-electron chi connectivity index (χ0n) is 32.5. The van der Waals surface area contributed by atoms with Gasteiger partial charge in [-0.2, -0.15) is 5.10 Å². The van der Waals surface area contributed by atoms with Crippen molar-refractivity contribution in [1.29, 1.82) is 0 Å². The zero-order chi connectivity index (χ0) is 39.2. The number of hydrogen-bond donors (Lipinski definition) is 4. The Morgan fingerprint density at radius 2 is 1.75 bits per heavy atom. The van der Waals surface area contributed by atoms with Crippen LogP contribution < -0.4 is 26.7 Å². The van der Waals surface area contributed by atoms with Crippen LogP contribution in [0.5, 0.6) is 0 Å². The van der Waals surface area contributed by atoms with Crippen molar-refractivity contribution < 1.29 is 18.7 Å². The van der Waals surface area contributed by atoms with Crippen LogP contribution in [0.3, 0.4) is 0 Å². The van der Waals surface area contributed by atoms with Gasteiger partial charge >= 0.3 is 0 Å². The van der Waals surface area contributed by atoms with E-state index in [9.17, 15) is 9.59 Å². The first kappa shape index (κ1) is 39.1. The summed E-state index contributed by atoms with van der Waals surface area (Å²) in [5, 5.41) is 18.7. The molecule has 2 aromatic heterocycles. The average Bonchev–Trinajstić information content (AvgIpc) is 3.63. The fourth-order valence-electron chi connectivity index (χ4n) is 7.72. The van der Waals surface area contributed by atoms with Crippen LogP contribution in [0.4, 0.5) is 10.1 Å². The molecule has 56 heavy (non-hydrogen) atoms. The van der Waals surface area contributed by atoms with E-state index in [2.05, 4.69) is 44.3 Å². The van der Waals surface area contributed by atoms with Gasteiger partial charge in [-0.3, -0.25) is 14.5 Å². The van der Waals surface area contributed by atoms with Crippen molar-refractivity contribution in [3.63, 3.8) is 0 Å². The molecule has 1 atom stereocenters. The Morgan fingerprint density at radius 1 is 0.982 bits per heavy atom. The Hall–Kier alpha value is -5.11. The van der Waals surface area contributed by atoms with E-state index in [-0.39, 0.29) is 47.4 Å². The topological polar surface area (TPSA) is 125 Å². The van der Waals surface area contributed by atoms with Gasteiger partial charge in [-0.05, 0) is 74.1 Å². The molecule has 0 bridgehead atoms. The first-order valence-electron chi connectivity index (χ1n) is 19.7. The highest BCUT2D eigenvalue weighted by molar-refractivity contribution is 6.33. The Bertz CT molecular complexity index is 2200. The molecular weight excluding hydrogens is 706 g/mol. The second-order valence-electron chi connectivity index (χ2n) is 14.8. The summed E-state index contributed by atoms with van der Waals surface area (Å²) < 4.78 is 22.7. The molecule has 4 N–H and O–H groups in total. The third-order valence-corrected chi connectivity index (χ3v) is 10.7. The van der Waals surface area contributed by atoms with Crippen LogP contribution in [0.1, 0.15) is 76.7 Å². The minimum absolute atomic E-state index is 0.160. The number of fused-ring (bicyclic) bond motifs is 1. The number of benzene rings is 3. The molecule has 7 rings (SSSR count). The van der Waals surface area contributed by atoms with Crippen LogP contribution in [0, 0.1) is 5.82 Å². The Morgan fingerprint density at radius 3 is 2.48 bits per heavy atom. The number of amides is 2. The maximum atomic E-state index is 15.2. The lowest BCUT2D eigenvalue weighted by molar-refractivity contribution is 0.0904. The maximum absolute atomic E-state index is 15.2. The molecule has 4 heterocycles. The molecule has 0 saturated carbocycles. The van der Waals surface area contributed by atoms with E-state index in [1.54, 1.807) is 24.3 Å². The Kier molecular flexibility index (Phi) is 12.4. The summed E-state index contributed by atoms with van der Waals surface area (Å²) in [6.07, 6.45) is 4.25. The quantitative estimate of drug-likeness (QED) is 0.126. The molecule has 0 spiro atoms. The number of aromatic nitrogens is 3. The van der Waals surface area contributed by atoms with Crippen molar-refractivity contribution in [2.24, 2.45) is 0 Å². The van der Waals surface area contributed by atoms with Crippen LogP contribution in [-0.2, 0) is 37.3 Å². The van der Waals surface area contributed by atoms with E-state index in [0.717, 1.165) is 83.7 Å². The molecule has 3 aromatic carbocycles. The number of aryl methyl sites for hydroxylation is 2. The molecule has 2 aliphatic heterocycles. The molecule has 290 valence electrons. The summed E-state index contributed by atoms with van der Waals surface area (Å²) in [6.45, 7) is 12.4. The highest BCUT2D eigenvalue weighted by Gasteiger charge is 2.23. The number of halogens is 1. The first-order chi connectivity index (χ1) is 27.2. The molecule has 2 radical (unpaired) electrons. The van der Waals surface area contributed by atoms with Gasteiger partial charge in [0.2, 0.25) is 0 Å². The molecule has 2 aliphatic rings. The Balaban J connectivity index is 1.04. The number of rotatable bonds is 13.